The van der Waals surface area contributed by atoms with E-state index in [-0.39, 0.29) is 11.5 Å². The second-order valence-electron chi connectivity index (χ2n) is 5.35. The van der Waals surface area contributed by atoms with Crippen molar-refractivity contribution in [3.8, 4) is 11.5 Å². The molecular formula is C19H17NO6S. The van der Waals surface area contributed by atoms with E-state index in [9.17, 15) is 14.5 Å². The van der Waals surface area contributed by atoms with Gasteiger partial charge in [-0.3, -0.25) is 9.59 Å². The first-order chi connectivity index (χ1) is 13.0. The molecule has 0 bridgehead atoms. The smallest absolute Gasteiger partial charge is 0.313 e. The average Bonchev–Trinajstić information content (AvgIpc) is 2.67. The molecule has 0 amide bonds. The largest absolute Gasteiger partial charge is 0.496 e. The van der Waals surface area contributed by atoms with E-state index < -0.39 is 5.97 Å². The van der Waals surface area contributed by atoms with E-state index in [0.717, 1.165) is 11.1 Å². The lowest BCUT2D eigenvalue weighted by Crippen LogP contribution is -2.01. The fourth-order valence-corrected chi connectivity index (χ4v) is 2.97. The molecule has 8 heteroatoms. The Bertz CT molecular complexity index is 848. The topological polar surface area (TPSA) is 102 Å². The van der Waals surface area contributed by atoms with Crippen LogP contribution < -0.4 is 9.57 Å². The van der Waals surface area contributed by atoms with Crippen LogP contribution in [-0.4, -0.2) is 29.7 Å². The molecule has 0 saturated carbocycles. The lowest BCUT2D eigenvalue weighted by molar-refractivity contribution is -0.133. The average molecular weight is 387 g/mol. The van der Waals surface area contributed by atoms with Crippen LogP contribution in [0.2, 0.25) is 0 Å². The number of carboxylic acid groups (broad SMARTS) is 1. The summed E-state index contributed by atoms with van der Waals surface area (Å²) in [5.74, 6) is 0.221. The first kappa shape index (κ1) is 20.2. The number of allylic oxidation sites excluding steroid dienone is 1. The highest BCUT2D eigenvalue weighted by Gasteiger charge is 2.09. The highest BCUT2D eigenvalue weighted by Crippen LogP contribution is 2.25. The maximum absolute atomic E-state index is 12.4. The maximum atomic E-state index is 12.4. The molecule has 1 N–H and O–H groups in total. The zero-order valence-electron chi connectivity index (χ0n) is 14.5. The van der Waals surface area contributed by atoms with Gasteiger partial charge in [-0.05, 0) is 42.0 Å². The number of ketones is 1. The summed E-state index contributed by atoms with van der Waals surface area (Å²) < 4.78 is 5.27. The third kappa shape index (κ3) is 6.27. The number of methoxy groups -OCH3 is 1. The molecule has 0 spiro atoms. The number of ether oxygens (including phenoxy) is 1. The molecule has 2 rings (SSSR count). The predicted octanol–water partition coefficient (Wildman–Crippen LogP) is 3.97. The number of aliphatic carboxylic acids is 1. The molecule has 0 saturated heterocycles. The number of benzene rings is 2. The summed E-state index contributed by atoms with van der Waals surface area (Å²) in [7, 11) is 1.52. The van der Waals surface area contributed by atoms with Crippen LogP contribution in [0.1, 0.15) is 21.5 Å². The van der Waals surface area contributed by atoms with Gasteiger partial charge in [0, 0.05) is 16.9 Å². The van der Waals surface area contributed by atoms with E-state index in [1.807, 2.05) is 0 Å². The second-order valence-corrected chi connectivity index (χ2v) is 6.33. The molecule has 2 aromatic carbocycles. The predicted molar refractivity (Wildman–Crippen MR) is 103 cm³/mol. The van der Waals surface area contributed by atoms with Crippen molar-refractivity contribution in [1.29, 1.82) is 0 Å². The quantitative estimate of drug-likeness (QED) is 0.285. The molecule has 0 unspecified atom stereocenters. The first-order valence-electron chi connectivity index (χ1n) is 7.82. The number of rotatable bonds is 10. The van der Waals surface area contributed by atoms with Crippen molar-refractivity contribution >= 4 is 29.6 Å². The molecule has 0 aliphatic heterocycles. The molecule has 0 aromatic heterocycles. The Hall–Kier alpha value is -3.13. The number of nitrogens with zero attached hydrogens (tertiary/aromatic N) is 1. The molecule has 27 heavy (non-hydrogen) atoms. The molecule has 0 aliphatic rings. The zero-order valence-corrected chi connectivity index (χ0v) is 15.3. The van der Waals surface area contributed by atoms with Crippen molar-refractivity contribution in [2.45, 2.75) is 5.75 Å². The van der Waals surface area contributed by atoms with Gasteiger partial charge in [-0.1, -0.05) is 18.2 Å². The van der Waals surface area contributed by atoms with Crippen molar-refractivity contribution in [2.24, 2.45) is 5.34 Å². The number of carbonyl (C=O) groups is 2. The van der Waals surface area contributed by atoms with E-state index in [4.69, 9.17) is 9.84 Å². The van der Waals surface area contributed by atoms with Gasteiger partial charge < -0.3 is 14.7 Å². The summed E-state index contributed by atoms with van der Waals surface area (Å²) in [5.41, 5.74) is 1.99. The van der Waals surface area contributed by atoms with Crippen LogP contribution in [0.25, 0.3) is 6.08 Å². The minimum Gasteiger partial charge on any atom is -0.496 e. The third-order valence-corrected chi connectivity index (χ3v) is 4.46. The lowest BCUT2D eigenvalue weighted by atomic mass is 10.1. The van der Waals surface area contributed by atoms with Gasteiger partial charge in [0.2, 0.25) is 0 Å². The van der Waals surface area contributed by atoms with Gasteiger partial charge in [0.05, 0.1) is 12.9 Å². The molecule has 0 aliphatic carbocycles. The molecule has 0 fully saturated rings. The molecule has 0 atom stereocenters. The highest BCUT2D eigenvalue weighted by atomic mass is 32.2. The molecule has 0 radical (unpaired) electrons. The van der Waals surface area contributed by atoms with Crippen molar-refractivity contribution in [2.75, 3.05) is 12.9 Å². The number of carboxylic acids is 1. The Morgan fingerprint density at radius 2 is 1.93 bits per heavy atom. The van der Waals surface area contributed by atoms with Crippen molar-refractivity contribution in [3.63, 3.8) is 0 Å². The number of carbonyl (C=O) groups excluding carboxylic acids is 1. The van der Waals surface area contributed by atoms with E-state index >= 15 is 0 Å². The van der Waals surface area contributed by atoms with E-state index in [1.54, 1.807) is 48.5 Å². The van der Waals surface area contributed by atoms with Crippen molar-refractivity contribution in [1.82, 2.24) is 0 Å². The van der Waals surface area contributed by atoms with Crippen LogP contribution in [0.5, 0.6) is 11.5 Å². The van der Waals surface area contributed by atoms with Gasteiger partial charge in [-0.25, -0.2) is 0 Å². The summed E-state index contributed by atoms with van der Waals surface area (Å²) >= 11 is 1.23. The summed E-state index contributed by atoms with van der Waals surface area (Å²) in [5, 5.41) is 11.1. The Kier molecular flexibility index (Phi) is 7.57. The van der Waals surface area contributed by atoms with Crippen LogP contribution in [0.4, 0.5) is 0 Å². The first-order valence-corrected chi connectivity index (χ1v) is 8.97. The van der Waals surface area contributed by atoms with Crippen molar-refractivity contribution in [3.05, 3.63) is 70.1 Å². The van der Waals surface area contributed by atoms with Gasteiger partial charge in [-0.2, -0.15) is 0 Å². The summed E-state index contributed by atoms with van der Waals surface area (Å²) in [6, 6.07) is 11.6. The minimum absolute atomic E-state index is 0.0272. The molecule has 140 valence electrons. The second kappa shape index (κ2) is 10.1. The Labute approximate surface area is 159 Å². The van der Waals surface area contributed by atoms with Crippen LogP contribution in [0.15, 0.2) is 53.9 Å². The van der Waals surface area contributed by atoms with Gasteiger partial charge in [0.1, 0.15) is 5.75 Å². The fourth-order valence-electron chi connectivity index (χ4n) is 2.24. The summed E-state index contributed by atoms with van der Waals surface area (Å²) in [6.45, 7) is 0. The number of thioether (sulfide) groups is 1. The SMILES string of the molecule is COc1ccc(C(=O)/C=C/c2ccc(ON=O)cc2)cc1CSCC(=O)O. The van der Waals surface area contributed by atoms with Crippen LogP contribution >= 0.6 is 11.8 Å². The van der Waals surface area contributed by atoms with Crippen LogP contribution in [0, 0.1) is 4.91 Å². The molecule has 2 aromatic rings. The number of hydrogen-bond donors (Lipinski definition) is 1. The Morgan fingerprint density at radius 3 is 2.56 bits per heavy atom. The van der Waals surface area contributed by atoms with Gasteiger partial charge in [-0.15, -0.1) is 16.7 Å². The van der Waals surface area contributed by atoms with Crippen molar-refractivity contribution < 1.29 is 24.3 Å². The van der Waals surface area contributed by atoms with E-state index in [0.29, 0.717) is 22.8 Å². The lowest BCUT2D eigenvalue weighted by Gasteiger charge is -2.09. The molecule has 7 nitrogen and oxygen atoms in total. The maximum Gasteiger partial charge on any atom is 0.313 e. The number of hydrogen-bond acceptors (Lipinski definition) is 7. The minimum atomic E-state index is -0.894. The van der Waals surface area contributed by atoms with E-state index in [2.05, 4.69) is 10.2 Å². The Balaban J connectivity index is 2.10. The Morgan fingerprint density at radius 1 is 1.19 bits per heavy atom. The zero-order chi connectivity index (χ0) is 19.6. The summed E-state index contributed by atoms with van der Waals surface area (Å²) in [4.78, 5) is 37.6. The van der Waals surface area contributed by atoms with Crippen LogP contribution in [-0.2, 0) is 10.5 Å². The molecular weight excluding hydrogens is 370 g/mol. The van der Waals surface area contributed by atoms with Crippen LogP contribution in [0.3, 0.4) is 0 Å². The van der Waals surface area contributed by atoms with Gasteiger partial charge in [0.15, 0.2) is 16.9 Å². The third-order valence-electron chi connectivity index (χ3n) is 3.50. The summed E-state index contributed by atoms with van der Waals surface area (Å²) in [6.07, 6.45) is 3.08. The van der Waals surface area contributed by atoms with E-state index in [1.165, 1.54) is 24.9 Å². The monoisotopic (exact) mass is 387 g/mol. The fraction of sp³-hybridized carbons (Fsp3) is 0.158. The normalized spacial score (nSPS) is 10.6. The highest BCUT2D eigenvalue weighted by molar-refractivity contribution is 7.99. The van der Waals surface area contributed by atoms with Gasteiger partial charge in [0.25, 0.3) is 0 Å². The van der Waals surface area contributed by atoms with Gasteiger partial charge >= 0.3 is 5.97 Å². The standard InChI is InChI=1S/C19H17NO6S/c1-25-18-9-5-14(10-15(18)11-27-12-19(22)23)17(21)8-4-13-2-6-16(7-3-13)26-20-24/h2-10H,11-12H2,1H3,(H,22,23)/b8-4+. The molecule has 0 heterocycles.